The quantitative estimate of drug-likeness (QED) is 0.472. The van der Waals surface area contributed by atoms with Crippen LogP contribution in [0.1, 0.15) is 35.3 Å². The molecule has 13 heteroatoms. The van der Waals surface area contributed by atoms with Gasteiger partial charge < -0.3 is 34.7 Å². The number of anilines is 2. The highest BCUT2D eigenvalue weighted by Crippen LogP contribution is 2.52. The molecule has 0 radical (unpaired) electrons. The molecule has 3 saturated heterocycles. The molecule has 2 aromatic rings. The van der Waals surface area contributed by atoms with Crippen LogP contribution in [0.4, 0.5) is 10.9 Å². The van der Waals surface area contributed by atoms with Crippen LogP contribution >= 0.6 is 11.3 Å². The molecule has 39 heavy (non-hydrogen) atoms. The summed E-state index contributed by atoms with van der Waals surface area (Å²) in [5.74, 6) is 0.474. The van der Waals surface area contributed by atoms with Gasteiger partial charge in [0, 0.05) is 48.4 Å². The average molecular weight is 556 g/mol. The summed E-state index contributed by atoms with van der Waals surface area (Å²) in [6, 6.07) is 2.66. The predicted octanol–water partition coefficient (Wildman–Crippen LogP) is 0.721. The van der Waals surface area contributed by atoms with E-state index in [1.54, 1.807) is 0 Å². The van der Waals surface area contributed by atoms with Gasteiger partial charge in [0.1, 0.15) is 17.2 Å². The minimum Gasteiger partial charge on any atom is -0.463 e. The van der Waals surface area contributed by atoms with Crippen LogP contribution in [0.2, 0.25) is 0 Å². The number of fused-ring (bicyclic) bond motifs is 2. The van der Waals surface area contributed by atoms with Gasteiger partial charge in [0.15, 0.2) is 6.10 Å². The van der Waals surface area contributed by atoms with E-state index in [1.807, 2.05) is 0 Å². The van der Waals surface area contributed by atoms with Crippen molar-refractivity contribution >= 4 is 22.3 Å². The van der Waals surface area contributed by atoms with E-state index >= 15 is 0 Å². The highest BCUT2D eigenvalue weighted by atomic mass is 32.1. The number of nitrogens with two attached hydrogens (primary N) is 1. The van der Waals surface area contributed by atoms with E-state index in [0.29, 0.717) is 36.2 Å². The largest absolute Gasteiger partial charge is 0.463 e. The predicted molar refractivity (Wildman–Crippen MR) is 141 cm³/mol. The molecule has 1 spiro atoms. The minimum atomic E-state index is -0.740. The van der Waals surface area contributed by atoms with Crippen LogP contribution in [0.25, 0.3) is 0 Å². The fourth-order valence-corrected chi connectivity index (χ4v) is 7.44. The number of hydrogen-bond acceptors (Lipinski definition) is 13. The van der Waals surface area contributed by atoms with Gasteiger partial charge in [-0.15, -0.1) is 16.3 Å². The fourth-order valence-electron chi connectivity index (χ4n) is 6.30. The van der Waals surface area contributed by atoms with Crippen LogP contribution in [-0.2, 0) is 21.3 Å². The molecular formula is C26H33N7O5S. The Balaban J connectivity index is 1.09. The first kappa shape index (κ1) is 25.2. The Hall–Kier alpha value is -2.76. The van der Waals surface area contributed by atoms with Gasteiger partial charge in [-0.25, -0.2) is 0 Å². The van der Waals surface area contributed by atoms with E-state index in [4.69, 9.17) is 24.7 Å². The lowest BCUT2D eigenvalue weighted by atomic mass is 9.74. The monoisotopic (exact) mass is 555 g/mol. The van der Waals surface area contributed by atoms with E-state index in [-0.39, 0.29) is 36.1 Å². The summed E-state index contributed by atoms with van der Waals surface area (Å²) in [4.78, 5) is 19.5. The molecule has 0 aromatic carbocycles. The number of morpholine rings is 1. The second-order valence-electron chi connectivity index (χ2n) is 11.5. The highest BCUT2D eigenvalue weighted by molar-refractivity contribution is 7.16. The van der Waals surface area contributed by atoms with Crippen LogP contribution in [0.5, 0.6) is 12.0 Å². The van der Waals surface area contributed by atoms with Gasteiger partial charge in [0.2, 0.25) is 5.95 Å². The normalized spacial score (nSPS) is 26.7. The SMILES string of the molecule is N#Cc1c(N)sc2c1C1(CC2)CN(c2nc(OCC3(CN4CCOCC4)CC3)nc(OC3COCC3O)n2)C1. The van der Waals surface area contributed by atoms with Gasteiger partial charge in [0.25, 0.3) is 0 Å². The van der Waals surface area contributed by atoms with Gasteiger partial charge in [-0.1, -0.05) is 0 Å². The maximum absolute atomic E-state index is 10.2. The summed E-state index contributed by atoms with van der Waals surface area (Å²) >= 11 is 1.54. The zero-order valence-electron chi connectivity index (χ0n) is 21.8. The number of aromatic nitrogens is 3. The molecule has 2 aliphatic carbocycles. The standard InChI is InChI=1S/C26H33N7O5S/c27-9-16-20-19(39-21(16)28)1-2-26(20)13-33(14-26)22-29-23(31-24(30-22)38-18-11-36-10-17(18)34)37-15-25(3-4-25)12-32-5-7-35-8-6-32/h17-18,34H,1-8,10-15,28H2. The number of thiophene rings is 1. The maximum Gasteiger partial charge on any atom is 0.324 e. The van der Waals surface area contributed by atoms with Gasteiger partial charge in [0.05, 0.1) is 38.6 Å². The van der Waals surface area contributed by atoms with Crippen molar-refractivity contribution in [3.63, 3.8) is 0 Å². The molecule has 4 fully saturated rings. The van der Waals surface area contributed by atoms with Crippen LogP contribution in [-0.4, -0.2) is 103 Å². The van der Waals surface area contributed by atoms with Crippen LogP contribution in [0, 0.1) is 16.7 Å². The van der Waals surface area contributed by atoms with E-state index in [0.717, 1.165) is 64.1 Å². The van der Waals surface area contributed by atoms with E-state index < -0.39 is 12.2 Å². The van der Waals surface area contributed by atoms with Crippen molar-refractivity contribution in [2.45, 2.75) is 43.3 Å². The van der Waals surface area contributed by atoms with Crippen molar-refractivity contribution in [3.05, 3.63) is 16.0 Å². The van der Waals surface area contributed by atoms with E-state index in [9.17, 15) is 10.4 Å². The van der Waals surface area contributed by atoms with Crippen molar-refractivity contribution < 1.29 is 24.1 Å². The molecule has 1 saturated carbocycles. The van der Waals surface area contributed by atoms with Crippen molar-refractivity contribution in [2.24, 2.45) is 5.41 Å². The topological polar surface area (TPSA) is 152 Å². The van der Waals surface area contributed by atoms with Gasteiger partial charge >= 0.3 is 12.0 Å². The molecule has 2 aromatic heterocycles. The van der Waals surface area contributed by atoms with Crippen LogP contribution < -0.4 is 20.1 Å². The lowest BCUT2D eigenvalue weighted by Crippen LogP contribution is -2.59. The number of nitriles is 1. The number of rotatable bonds is 8. The van der Waals surface area contributed by atoms with E-state index in [1.165, 1.54) is 16.2 Å². The molecule has 2 atom stereocenters. The Labute approximate surface area is 230 Å². The molecule has 5 heterocycles. The number of ether oxygens (including phenoxy) is 4. The number of aryl methyl sites for hydroxylation is 1. The Bertz CT molecular complexity index is 1280. The Morgan fingerprint density at radius 3 is 2.62 bits per heavy atom. The summed E-state index contributed by atoms with van der Waals surface area (Å²) in [7, 11) is 0. The Kier molecular flexibility index (Phi) is 6.28. The van der Waals surface area contributed by atoms with Crippen molar-refractivity contribution in [3.8, 4) is 18.1 Å². The first-order chi connectivity index (χ1) is 19.0. The third-order valence-electron chi connectivity index (χ3n) is 8.72. The fraction of sp³-hybridized carbons (Fsp3) is 0.692. The molecular weight excluding hydrogens is 522 g/mol. The third-order valence-corrected chi connectivity index (χ3v) is 9.80. The smallest absolute Gasteiger partial charge is 0.324 e. The van der Waals surface area contributed by atoms with Gasteiger partial charge in [-0.05, 0) is 31.2 Å². The van der Waals surface area contributed by atoms with Gasteiger partial charge in [-0.2, -0.15) is 15.2 Å². The summed E-state index contributed by atoms with van der Waals surface area (Å²) < 4.78 is 23.0. The molecule has 5 aliphatic rings. The molecule has 0 bridgehead atoms. The zero-order valence-corrected chi connectivity index (χ0v) is 22.6. The first-order valence-electron chi connectivity index (χ1n) is 13.6. The number of hydrogen-bond donors (Lipinski definition) is 2. The van der Waals surface area contributed by atoms with Crippen molar-refractivity contribution in [1.82, 2.24) is 19.9 Å². The van der Waals surface area contributed by atoms with Crippen molar-refractivity contribution in [2.75, 3.05) is 76.4 Å². The van der Waals surface area contributed by atoms with E-state index in [2.05, 4.69) is 30.8 Å². The third kappa shape index (κ3) is 4.68. The minimum absolute atomic E-state index is 0.105. The lowest BCUT2D eigenvalue weighted by molar-refractivity contribution is 0.0229. The second-order valence-corrected chi connectivity index (χ2v) is 12.7. The Morgan fingerprint density at radius 1 is 1.10 bits per heavy atom. The number of aliphatic hydroxyl groups excluding tert-OH is 1. The van der Waals surface area contributed by atoms with Gasteiger partial charge in [-0.3, -0.25) is 4.90 Å². The molecule has 208 valence electrons. The molecule has 7 rings (SSSR count). The number of nitrogens with zero attached hydrogens (tertiary/aromatic N) is 6. The summed E-state index contributed by atoms with van der Waals surface area (Å²) in [6.07, 6.45) is 2.85. The summed E-state index contributed by atoms with van der Waals surface area (Å²) in [5, 5.41) is 20.5. The molecule has 12 nitrogen and oxygen atoms in total. The lowest BCUT2D eigenvalue weighted by Gasteiger charge is -2.48. The highest BCUT2D eigenvalue weighted by Gasteiger charge is 2.52. The number of nitrogen functional groups attached to an aromatic ring is 1. The average Bonchev–Trinajstić information content (AvgIpc) is 3.21. The summed E-state index contributed by atoms with van der Waals surface area (Å²) in [6.45, 7) is 6.81. The zero-order chi connectivity index (χ0) is 26.6. The second kappa shape index (κ2) is 9.71. The molecule has 0 amide bonds. The Morgan fingerprint density at radius 2 is 1.90 bits per heavy atom. The van der Waals surface area contributed by atoms with Crippen molar-refractivity contribution in [1.29, 1.82) is 5.26 Å². The van der Waals surface area contributed by atoms with Crippen LogP contribution in [0.15, 0.2) is 0 Å². The summed E-state index contributed by atoms with van der Waals surface area (Å²) in [5.41, 5.74) is 7.87. The number of aliphatic hydroxyl groups is 1. The maximum atomic E-state index is 10.2. The first-order valence-corrected chi connectivity index (χ1v) is 14.5. The molecule has 3 N–H and O–H groups in total. The van der Waals surface area contributed by atoms with Crippen LogP contribution in [0.3, 0.4) is 0 Å². The molecule has 2 unspecified atom stereocenters. The molecule has 3 aliphatic heterocycles.